The highest BCUT2D eigenvalue weighted by atomic mass is 16.5. The van der Waals surface area contributed by atoms with E-state index in [0.717, 1.165) is 25.7 Å². The van der Waals surface area contributed by atoms with Gasteiger partial charge < -0.3 is 20.3 Å². The van der Waals surface area contributed by atoms with Crippen LogP contribution in [-0.4, -0.2) is 48.7 Å². The van der Waals surface area contributed by atoms with Gasteiger partial charge in [-0.2, -0.15) is 0 Å². The second-order valence-electron chi connectivity index (χ2n) is 4.53. The fourth-order valence-corrected chi connectivity index (χ4v) is 2.11. The van der Waals surface area contributed by atoms with Crippen molar-refractivity contribution in [3.05, 3.63) is 0 Å². The molecule has 0 saturated heterocycles. The lowest BCUT2D eigenvalue weighted by Gasteiger charge is -2.32. The normalized spacial score (nSPS) is 22.6. The van der Waals surface area contributed by atoms with Gasteiger partial charge in [0.25, 0.3) is 0 Å². The van der Waals surface area contributed by atoms with E-state index < -0.39 is 11.7 Å². The lowest BCUT2D eigenvalue weighted by atomic mass is 9.85. The fraction of sp³-hybridized carbons (Fsp3) is 1.00. The molecule has 1 aliphatic carbocycles. The van der Waals surface area contributed by atoms with E-state index in [2.05, 4.69) is 5.32 Å². The summed E-state index contributed by atoms with van der Waals surface area (Å²) in [7, 11) is 1.57. The first kappa shape index (κ1) is 12.9. The monoisotopic (exact) mass is 217 g/mol. The van der Waals surface area contributed by atoms with Crippen molar-refractivity contribution in [1.82, 2.24) is 5.32 Å². The topological polar surface area (TPSA) is 61.7 Å². The predicted octanol–water partition coefficient (Wildman–Crippen LogP) is 0.278. The van der Waals surface area contributed by atoms with Crippen molar-refractivity contribution in [2.45, 2.75) is 43.8 Å². The van der Waals surface area contributed by atoms with Crippen LogP contribution in [0.5, 0.6) is 0 Å². The van der Waals surface area contributed by atoms with Crippen LogP contribution in [0.4, 0.5) is 0 Å². The zero-order valence-corrected chi connectivity index (χ0v) is 9.54. The van der Waals surface area contributed by atoms with Crippen molar-refractivity contribution >= 4 is 0 Å². The highest BCUT2D eigenvalue weighted by Crippen LogP contribution is 2.27. The number of ether oxygens (including phenoxy) is 1. The number of methoxy groups -OCH3 is 1. The zero-order chi connectivity index (χ0) is 11.1. The molecule has 1 fully saturated rings. The molecule has 0 aromatic carbocycles. The lowest BCUT2D eigenvalue weighted by Crippen LogP contribution is -2.44. The molecule has 15 heavy (non-hydrogen) atoms. The molecule has 1 unspecified atom stereocenters. The van der Waals surface area contributed by atoms with Crippen LogP contribution < -0.4 is 5.32 Å². The predicted molar refractivity (Wildman–Crippen MR) is 58.8 cm³/mol. The van der Waals surface area contributed by atoms with Gasteiger partial charge in [-0.05, 0) is 12.8 Å². The molecular weight excluding hydrogens is 194 g/mol. The van der Waals surface area contributed by atoms with Gasteiger partial charge in [0.1, 0.15) is 0 Å². The number of nitrogens with one attached hydrogen (secondary N) is 1. The van der Waals surface area contributed by atoms with Crippen molar-refractivity contribution in [3.63, 3.8) is 0 Å². The van der Waals surface area contributed by atoms with Gasteiger partial charge in [0.2, 0.25) is 0 Å². The minimum Gasteiger partial charge on any atom is -0.389 e. The molecule has 0 aliphatic heterocycles. The van der Waals surface area contributed by atoms with E-state index in [1.807, 2.05) is 0 Å². The Morgan fingerprint density at radius 2 is 2.00 bits per heavy atom. The third-order valence-corrected chi connectivity index (χ3v) is 2.98. The summed E-state index contributed by atoms with van der Waals surface area (Å²) in [6.07, 6.45) is 4.72. The van der Waals surface area contributed by atoms with Crippen LogP contribution in [0.3, 0.4) is 0 Å². The van der Waals surface area contributed by atoms with E-state index in [4.69, 9.17) is 4.74 Å². The molecule has 0 spiro atoms. The highest BCUT2D eigenvalue weighted by Gasteiger charge is 2.28. The molecular formula is C11H23NO3. The van der Waals surface area contributed by atoms with E-state index in [-0.39, 0.29) is 0 Å². The molecule has 1 rings (SSSR count). The fourth-order valence-electron chi connectivity index (χ4n) is 2.11. The molecule has 3 N–H and O–H groups in total. The Kier molecular flexibility index (Phi) is 5.53. The van der Waals surface area contributed by atoms with Gasteiger partial charge in [0.05, 0.1) is 18.3 Å². The number of aliphatic hydroxyl groups is 2. The highest BCUT2D eigenvalue weighted by molar-refractivity contribution is 4.84. The lowest BCUT2D eigenvalue weighted by molar-refractivity contribution is -0.000240. The van der Waals surface area contributed by atoms with E-state index >= 15 is 0 Å². The Morgan fingerprint density at radius 1 is 1.33 bits per heavy atom. The summed E-state index contributed by atoms with van der Waals surface area (Å²) >= 11 is 0. The summed E-state index contributed by atoms with van der Waals surface area (Å²) in [5.41, 5.74) is -0.551. The Morgan fingerprint density at radius 3 is 2.60 bits per heavy atom. The minimum absolute atomic E-state index is 0.339. The first-order chi connectivity index (χ1) is 7.16. The smallest absolute Gasteiger partial charge is 0.0897 e. The van der Waals surface area contributed by atoms with E-state index in [0.29, 0.717) is 19.7 Å². The number of hydrogen-bond acceptors (Lipinski definition) is 4. The summed E-state index contributed by atoms with van der Waals surface area (Å²) in [4.78, 5) is 0. The maximum absolute atomic E-state index is 10.1. The van der Waals surface area contributed by atoms with Gasteiger partial charge >= 0.3 is 0 Å². The molecule has 4 heteroatoms. The average Bonchev–Trinajstić information content (AvgIpc) is 2.19. The van der Waals surface area contributed by atoms with Gasteiger partial charge in [0, 0.05) is 20.2 Å². The summed E-state index contributed by atoms with van der Waals surface area (Å²) in [5.74, 6) is 0. The van der Waals surface area contributed by atoms with Crippen LogP contribution >= 0.6 is 0 Å². The SMILES string of the molecule is COCC(O)CNCC1(O)CCCCC1. The standard InChI is InChI=1S/C11H23NO3/c1-15-8-10(13)7-12-9-11(14)5-3-2-4-6-11/h10,12-14H,2-9H2,1H3. The van der Waals surface area contributed by atoms with Gasteiger partial charge in [-0.25, -0.2) is 0 Å². The molecule has 4 nitrogen and oxygen atoms in total. The van der Waals surface area contributed by atoms with E-state index in [1.54, 1.807) is 7.11 Å². The second kappa shape index (κ2) is 6.43. The summed E-state index contributed by atoms with van der Waals surface area (Å²) in [5, 5.41) is 22.6. The van der Waals surface area contributed by atoms with Crippen LogP contribution in [-0.2, 0) is 4.74 Å². The maximum Gasteiger partial charge on any atom is 0.0897 e. The Bertz CT molecular complexity index is 169. The third-order valence-electron chi connectivity index (χ3n) is 2.98. The zero-order valence-electron chi connectivity index (χ0n) is 9.54. The number of rotatable bonds is 6. The second-order valence-corrected chi connectivity index (χ2v) is 4.53. The third kappa shape index (κ3) is 4.93. The summed E-state index contributed by atoms with van der Waals surface area (Å²) < 4.78 is 4.82. The molecule has 0 heterocycles. The molecule has 1 atom stereocenters. The largest absolute Gasteiger partial charge is 0.389 e. The van der Waals surface area contributed by atoms with E-state index in [1.165, 1.54) is 6.42 Å². The Labute approximate surface area is 91.6 Å². The average molecular weight is 217 g/mol. The summed E-state index contributed by atoms with van der Waals surface area (Å²) in [6.45, 7) is 1.40. The first-order valence-electron chi connectivity index (χ1n) is 5.76. The van der Waals surface area contributed by atoms with Gasteiger partial charge in [-0.3, -0.25) is 0 Å². The van der Waals surface area contributed by atoms with Crippen LogP contribution in [0.25, 0.3) is 0 Å². The van der Waals surface area contributed by atoms with Gasteiger partial charge in [-0.1, -0.05) is 19.3 Å². The van der Waals surface area contributed by atoms with Crippen LogP contribution in [0.2, 0.25) is 0 Å². The molecule has 1 aliphatic rings. The number of hydrogen-bond donors (Lipinski definition) is 3. The molecule has 1 saturated carbocycles. The molecule has 0 amide bonds. The van der Waals surface area contributed by atoms with Gasteiger partial charge in [0.15, 0.2) is 0 Å². The summed E-state index contributed by atoms with van der Waals surface area (Å²) in [6, 6.07) is 0. The van der Waals surface area contributed by atoms with Crippen molar-refractivity contribution in [1.29, 1.82) is 0 Å². The quantitative estimate of drug-likeness (QED) is 0.598. The van der Waals surface area contributed by atoms with Crippen LogP contribution in [0.1, 0.15) is 32.1 Å². The molecule has 0 bridgehead atoms. The first-order valence-corrected chi connectivity index (χ1v) is 5.76. The van der Waals surface area contributed by atoms with Gasteiger partial charge in [-0.15, -0.1) is 0 Å². The van der Waals surface area contributed by atoms with E-state index in [9.17, 15) is 10.2 Å². The van der Waals surface area contributed by atoms with Crippen LogP contribution in [0, 0.1) is 0 Å². The molecule has 0 radical (unpaired) electrons. The number of aliphatic hydroxyl groups excluding tert-OH is 1. The Balaban J connectivity index is 2.12. The molecule has 90 valence electrons. The van der Waals surface area contributed by atoms with Crippen LogP contribution in [0.15, 0.2) is 0 Å². The minimum atomic E-state index is -0.551. The molecule has 0 aromatic heterocycles. The van der Waals surface area contributed by atoms with Crippen molar-refractivity contribution in [2.24, 2.45) is 0 Å². The maximum atomic E-state index is 10.1. The van der Waals surface area contributed by atoms with Crippen molar-refractivity contribution < 1.29 is 14.9 Å². The molecule has 0 aromatic rings. The van der Waals surface area contributed by atoms with Crippen molar-refractivity contribution in [3.8, 4) is 0 Å². The Hall–Kier alpha value is -0.160. The van der Waals surface area contributed by atoms with Crippen molar-refractivity contribution in [2.75, 3.05) is 26.8 Å².